The number of carbonyl (C=O) groups is 3. The number of halogens is 1. The highest BCUT2D eigenvalue weighted by atomic mass is 19.1. The monoisotopic (exact) mass is 419 g/mol. The third kappa shape index (κ3) is 8.63. The number of hydrogen-bond acceptors (Lipinski definition) is 4. The smallest absolute Gasteiger partial charge is 0.407 e. The molecule has 0 saturated carbocycles. The van der Waals surface area contributed by atoms with Gasteiger partial charge < -0.3 is 20.3 Å². The van der Waals surface area contributed by atoms with Crippen LogP contribution in [0.25, 0.3) is 6.08 Å². The van der Waals surface area contributed by atoms with E-state index in [0.717, 1.165) is 0 Å². The van der Waals surface area contributed by atoms with Gasteiger partial charge in [0, 0.05) is 38.2 Å². The summed E-state index contributed by atoms with van der Waals surface area (Å²) in [6.45, 7) is 6.64. The third-order valence-corrected chi connectivity index (χ3v) is 4.48. The number of carbonyl (C=O) groups excluding carboxylic acids is 3. The summed E-state index contributed by atoms with van der Waals surface area (Å²) in [6, 6.07) is 5.99. The summed E-state index contributed by atoms with van der Waals surface area (Å²) in [7, 11) is 0. The van der Waals surface area contributed by atoms with Crippen molar-refractivity contribution in [3.8, 4) is 0 Å². The van der Waals surface area contributed by atoms with E-state index >= 15 is 0 Å². The second kappa shape index (κ2) is 10.8. The quantitative estimate of drug-likeness (QED) is 0.694. The van der Waals surface area contributed by atoms with Crippen LogP contribution in [0.4, 0.5) is 9.18 Å². The van der Waals surface area contributed by atoms with Gasteiger partial charge in [-0.05, 0) is 57.4 Å². The molecule has 7 nitrogen and oxygen atoms in total. The maximum Gasteiger partial charge on any atom is 0.407 e. The maximum atomic E-state index is 13.2. The fourth-order valence-electron chi connectivity index (χ4n) is 3.05. The van der Waals surface area contributed by atoms with Gasteiger partial charge in [0.1, 0.15) is 11.4 Å². The van der Waals surface area contributed by atoms with Crippen molar-refractivity contribution in [1.29, 1.82) is 0 Å². The lowest BCUT2D eigenvalue weighted by Crippen LogP contribution is -2.46. The number of amides is 3. The second-order valence-electron chi connectivity index (χ2n) is 8.23. The first-order valence-corrected chi connectivity index (χ1v) is 10.1. The summed E-state index contributed by atoms with van der Waals surface area (Å²) in [5.74, 6) is -0.636. The molecule has 1 saturated heterocycles. The Labute approximate surface area is 176 Å². The average molecular weight is 419 g/mol. The van der Waals surface area contributed by atoms with Crippen LogP contribution in [0.3, 0.4) is 0 Å². The van der Waals surface area contributed by atoms with Gasteiger partial charge in [0.25, 0.3) is 0 Å². The normalized spacial score (nSPS) is 15.1. The molecule has 0 atom stereocenters. The lowest BCUT2D eigenvalue weighted by molar-refractivity contribution is -0.132. The van der Waals surface area contributed by atoms with E-state index in [1.165, 1.54) is 18.2 Å². The van der Waals surface area contributed by atoms with E-state index in [1.54, 1.807) is 43.9 Å². The molecule has 1 heterocycles. The van der Waals surface area contributed by atoms with E-state index in [-0.39, 0.29) is 36.6 Å². The standard InChI is InChI=1S/C22H30FN3O4/c1-22(2,3)30-21(29)24-12-9-20(28)26-13-10-18(11-14-26)25-19(27)8-7-16-5-4-6-17(23)15-16/h4-8,15,18H,9-14H2,1-3H3,(H,24,29)(H,25,27)/b8-7+. The summed E-state index contributed by atoms with van der Waals surface area (Å²) in [4.78, 5) is 37.7. The van der Waals surface area contributed by atoms with Crippen LogP contribution < -0.4 is 10.6 Å². The first kappa shape index (κ1) is 23.4. The number of benzene rings is 1. The highest BCUT2D eigenvalue weighted by molar-refractivity contribution is 5.91. The molecule has 0 aliphatic carbocycles. The molecule has 8 heteroatoms. The van der Waals surface area contributed by atoms with Gasteiger partial charge in [0.15, 0.2) is 0 Å². The molecule has 0 radical (unpaired) electrons. The zero-order valence-electron chi connectivity index (χ0n) is 17.7. The van der Waals surface area contributed by atoms with Crippen molar-refractivity contribution in [1.82, 2.24) is 15.5 Å². The van der Waals surface area contributed by atoms with E-state index in [1.807, 2.05) is 0 Å². The molecule has 30 heavy (non-hydrogen) atoms. The Bertz CT molecular complexity index is 781. The van der Waals surface area contributed by atoms with Gasteiger partial charge in [-0.15, -0.1) is 0 Å². The van der Waals surface area contributed by atoms with Gasteiger partial charge in [-0.1, -0.05) is 12.1 Å². The van der Waals surface area contributed by atoms with Crippen LogP contribution in [0.15, 0.2) is 30.3 Å². The van der Waals surface area contributed by atoms with E-state index in [0.29, 0.717) is 31.5 Å². The van der Waals surface area contributed by atoms with Crippen LogP contribution in [-0.2, 0) is 14.3 Å². The van der Waals surface area contributed by atoms with E-state index in [4.69, 9.17) is 4.74 Å². The van der Waals surface area contributed by atoms with Crippen LogP contribution in [0, 0.1) is 5.82 Å². The molecule has 2 rings (SSSR count). The molecule has 2 N–H and O–H groups in total. The number of hydrogen-bond donors (Lipinski definition) is 2. The number of piperidine rings is 1. The van der Waals surface area contributed by atoms with Gasteiger partial charge >= 0.3 is 6.09 Å². The highest BCUT2D eigenvalue weighted by Gasteiger charge is 2.23. The summed E-state index contributed by atoms with van der Waals surface area (Å²) < 4.78 is 18.3. The minimum atomic E-state index is -0.577. The first-order chi connectivity index (χ1) is 14.1. The number of ether oxygens (including phenoxy) is 1. The van der Waals surface area contributed by atoms with Gasteiger partial charge in [-0.2, -0.15) is 0 Å². The predicted molar refractivity (Wildman–Crippen MR) is 112 cm³/mol. The predicted octanol–water partition coefficient (Wildman–Crippen LogP) is 2.86. The summed E-state index contributed by atoms with van der Waals surface area (Å²) in [6.07, 6.45) is 3.92. The Morgan fingerprint density at radius 3 is 2.57 bits per heavy atom. The highest BCUT2D eigenvalue weighted by Crippen LogP contribution is 2.12. The number of rotatable bonds is 6. The SMILES string of the molecule is CC(C)(C)OC(=O)NCCC(=O)N1CCC(NC(=O)/C=C/c2cccc(F)c2)CC1. The van der Waals surface area contributed by atoms with Crippen molar-refractivity contribution in [2.24, 2.45) is 0 Å². The van der Waals surface area contributed by atoms with Crippen molar-refractivity contribution in [2.45, 2.75) is 51.7 Å². The van der Waals surface area contributed by atoms with Gasteiger partial charge in [-0.3, -0.25) is 9.59 Å². The number of likely N-dealkylation sites (tertiary alicyclic amines) is 1. The Kier molecular flexibility index (Phi) is 8.38. The van der Waals surface area contributed by atoms with Crippen molar-refractivity contribution in [3.63, 3.8) is 0 Å². The molecule has 0 aromatic heterocycles. The first-order valence-electron chi connectivity index (χ1n) is 10.1. The van der Waals surface area contributed by atoms with E-state index in [9.17, 15) is 18.8 Å². The maximum absolute atomic E-state index is 13.2. The number of nitrogens with zero attached hydrogens (tertiary/aromatic N) is 1. The molecule has 164 valence electrons. The molecule has 0 bridgehead atoms. The van der Waals surface area contributed by atoms with Crippen molar-refractivity contribution < 1.29 is 23.5 Å². The summed E-state index contributed by atoms with van der Waals surface area (Å²) >= 11 is 0. The van der Waals surface area contributed by atoms with Crippen molar-refractivity contribution in [2.75, 3.05) is 19.6 Å². The molecule has 0 spiro atoms. The molecule has 1 aliphatic rings. The Morgan fingerprint density at radius 1 is 1.23 bits per heavy atom. The minimum absolute atomic E-state index is 0.0152. The van der Waals surface area contributed by atoms with Crippen LogP contribution >= 0.6 is 0 Å². The number of nitrogens with one attached hydrogen (secondary N) is 2. The Hall–Kier alpha value is -2.90. The summed E-state index contributed by atoms with van der Waals surface area (Å²) in [5, 5.41) is 5.49. The van der Waals surface area contributed by atoms with Crippen LogP contribution in [0.2, 0.25) is 0 Å². The van der Waals surface area contributed by atoms with Crippen LogP contribution in [-0.4, -0.2) is 54.1 Å². The molecule has 1 aromatic carbocycles. The number of alkyl carbamates (subject to hydrolysis) is 1. The van der Waals surface area contributed by atoms with E-state index in [2.05, 4.69) is 10.6 Å². The van der Waals surface area contributed by atoms with Crippen LogP contribution in [0.5, 0.6) is 0 Å². The molecule has 1 aromatic rings. The molecular formula is C22H30FN3O4. The van der Waals surface area contributed by atoms with Gasteiger partial charge in [-0.25, -0.2) is 9.18 Å². The van der Waals surface area contributed by atoms with Gasteiger partial charge in [0.2, 0.25) is 11.8 Å². The average Bonchev–Trinajstić information content (AvgIpc) is 2.65. The lowest BCUT2D eigenvalue weighted by atomic mass is 10.0. The third-order valence-electron chi connectivity index (χ3n) is 4.48. The Balaban J connectivity index is 1.67. The minimum Gasteiger partial charge on any atom is -0.444 e. The fraction of sp³-hybridized carbons (Fsp3) is 0.500. The van der Waals surface area contributed by atoms with Gasteiger partial charge in [0.05, 0.1) is 0 Å². The second-order valence-corrected chi connectivity index (χ2v) is 8.23. The lowest BCUT2D eigenvalue weighted by Gasteiger charge is -2.32. The largest absolute Gasteiger partial charge is 0.444 e. The zero-order valence-corrected chi connectivity index (χ0v) is 17.7. The summed E-state index contributed by atoms with van der Waals surface area (Å²) in [5.41, 5.74) is 0.0398. The van der Waals surface area contributed by atoms with Crippen LogP contribution in [0.1, 0.15) is 45.6 Å². The molecule has 0 unspecified atom stereocenters. The molecule has 3 amide bonds. The van der Waals surface area contributed by atoms with Crippen molar-refractivity contribution in [3.05, 3.63) is 41.7 Å². The zero-order chi connectivity index (χ0) is 22.1. The topological polar surface area (TPSA) is 87.7 Å². The Morgan fingerprint density at radius 2 is 1.93 bits per heavy atom. The van der Waals surface area contributed by atoms with Crippen molar-refractivity contribution >= 4 is 24.0 Å². The molecule has 1 aliphatic heterocycles. The van der Waals surface area contributed by atoms with E-state index < -0.39 is 11.7 Å². The molecular weight excluding hydrogens is 389 g/mol. The molecule has 1 fully saturated rings. The fourth-order valence-corrected chi connectivity index (χ4v) is 3.05.